The molecule has 0 spiro atoms. The molecule has 0 saturated carbocycles. The van der Waals surface area contributed by atoms with E-state index in [1.165, 1.54) is 11.4 Å². The Kier molecular flexibility index (Phi) is 5.39. The number of nitrogens with one attached hydrogen (secondary N) is 2. The first kappa shape index (κ1) is 16.0. The van der Waals surface area contributed by atoms with Gasteiger partial charge in [-0.15, -0.1) is 0 Å². The highest BCUT2D eigenvalue weighted by Gasteiger charge is 2.20. The van der Waals surface area contributed by atoms with E-state index in [1.807, 2.05) is 13.8 Å². The molecule has 1 amide bonds. The minimum absolute atomic E-state index is 0.122. The second-order valence-electron chi connectivity index (χ2n) is 6.57. The van der Waals surface area contributed by atoms with Crippen molar-refractivity contribution in [1.29, 1.82) is 0 Å². The second-order valence-corrected chi connectivity index (χ2v) is 6.57. The maximum Gasteiger partial charge on any atom is 0.221 e. The number of nitrogens with zero attached hydrogens (tertiary/aromatic N) is 2. The fourth-order valence-corrected chi connectivity index (χ4v) is 2.82. The summed E-state index contributed by atoms with van der Waals surface area (Å²) in [5.74, 6) is 1.83. The van der Waals surface area contributed by atoms with Crippen LogP contribution < -0.4 is 10.6 Å². The summed E-state index contributed by atoms with van der Waals surface area (Å²) in [4.78, 5) is 16.7. The van der Waals surface area contributed by atoms with Crippen LogP contribution in [0.4, 0.5) is 0 Å². The molecule has 2 rings (SSSR count). The average Bonchev–Trinajstić information content (AvgIpc) is 2.72. The van der Waals surface area contributed by atoms with Crippen LogP contribution in [0.1, 0.15) is 51.3 Å². The highest BCUT2D eigenvalue weighted by atomic mass is 16.1. The molecular formula is C16H28N4O. The highest BCUT2D eigenvalue weighted by molar-refractivity contribution is 5.76. The molecule has 118 valence electrons. The van der Waals surface area contributed by atoms with Crippen molar-refractivity contribution in [3.05, 3.63) is 17.2 Å². The molecule has 0 fully saturated rings. The van der Waals surface area contributed by atoms with Gasteiger partial charge in [0, 0.05) is 50.6 Å². The van der Waals surface area contributed by atoms with Crippen LogP contribution >= 0.6 is 0 Å². The molecule has 2 heterocycles. The molecule has 0 radical (unpaired) electrons. The van der Waals surface area contributed by atoms with E-state index in [2.05, 4.69) is 29.0 Å². The van der Waals surface area contributed by atoms with E-state index in [0.717, 1.165) is 38.3 Å². The molecule has 0 aliphatic carbocycles. The largest absolute Gasteiger partial charge is 0.354 e. The molecule has 2 N–H and O–H groups in total. The molecule has 0 unspecified atom stereocenters. The van der Waals surface area contributed by atoms with Crippen molar-refractivity contribution in [3.63, 3.8) is 0 Å². The van der Waals surface area contributed by atoms with Crippen LogP contribution in [0.5, 0.6) is 0 Å². The lowest BCUT2D eigenvalue weighted by Gasteiger charge is -2.17. The average molecular weight is 292 g/mol. The number of amides is 1. The lowest BCUT2D eigenvalue weighted by atomic mass is 10.1. The molecule has 21 heavy (non-hydrogen) atoms. The number of hydrogen-bond donors (Lipinski definition) is 2. The number of carbonyl (C=O) groups excluding carboxylic acids is 1. The Morgan fingerprint density at radius 3 is 2.81 bits per heavy atom. The van der Waals surface area contributed by atoms with Gasteiger partial charge in [-0.3, -0.25) is 4.79 Å². The quantitative estimate of drug-likeness (QED) is 0.838. The van der Waals surface area contributed by atoms with Gasteiger partial charge in [0.25, 0.3) is 0 Å². The number of carbonyl (C=O) groups is 1. The molecule has 5 heteroatoms. The van der Waals surface area contributed by atoms with Crippen molar-refractivity contribution in [2.24, 2.45) is 5.92 Å². The smallest absolute Gasteiger partial charge is 0.221 e. The van der Waals surface area contributed by atoms with Crippen LogP contribution in [0.2, 0.25) is 0 Å². The zero-order valence-electron chi connectivity index (χ0n) is 13.7. The van der Waals surface area contributed by atoms with Gasteiger partial charge in [-0.1, -0.05) is 13.8 Å². The summed E-state index contributed by atoms with van der Waals surface area (Å²) in [6, 6.07) is 0.202. The van der Waals surface area contributed by atoms with Crippen molar-refractivity contribution in [3.8, 4) is 0 Å². The molecule has 1 aliphatic heterocycles. The number of imidazole rings is 1. The third-order valence-corrected chi connectivity index (χ3v) is 3.67. The fourth-order valence-electron chi connectivity index (χ4n) is 2.82. The Morgan fingerprint density at radius 2 is 2.14 bits per heavy atom. The highest BCUT2D eigenvalue weighted by Crippen LogP contribution is 2.19. The third kappa shape index (κ3) is 4.30. The summed E-state index contributed by atoms with van der Waals surface area (Å²) in [5.41, 5.74) is 2.49. The number of rotatable bonds is 6. The second kappa shape index (κ2) is 7.07. The Bertz CT molecular complexity index is 491. The van der Waals surface area contributed by atoms with Crippen molar-refractivity contribution < 1.29 is 4.79 Å². The van der Waals surface area contributed by atoms with Gasteiger partial charge in [0.2, 0.25) is 5.91 Å². The molecule has 1 aromatic heterocycles. The number of hydrogen-bond acceptors (Lipinski definition) is 3. The minimum Gasteiger partial charge on any atom is -0.354 e. The van der Waals surface area contributed by atoms with Crippen LogP contribution in [0.3, 0.4) is 0 Å². The van der Waals surface area contributed by atoms with E-state index in [0.29, 0.717) is 12.3 Å². The molecule has 5 nitrogen and oxygen atoms in total. The molecule has 1 aliphatic rings. The summed E-state index contributed by atoms with van der Waals surface area (Å²) in [5, 5.41) is 6.33. The van der Waals surface area contributed by atoms with Gasteiger partial charge in [-0.25, -0.2) is 4.98 Å². The number of aromatic nitrogens is 2. The number of fused-ring (bicyclic) bond motifs is 1. The van der Waals surface area contributed by atoms with Crippen LogP contribution in [0, 0.1) is 5.92 Å². The summed E-state index contributed by atoms with van der Waals surface area (Å²) >= 11 is 0. The van der Waals surface area contributed by atoms with Crippen molar-refractivity contribution in [2.45, 2.75) is 66.1 Å². The van der Waals surface area contributed by atoms with E-state index in [-0.39, 0.29) is 11.9 Å². The monoisotopic (exact) mass is 292 g/mol. The minimum atomic E-state index is 0.122. The normalized spacial score (nSPS) is 14.6. The van der Waals surface area contributed by atoms with Crippen LogP contribution in [0.15, 0.2) is 0 Å². The molecule has 1 aromatic rings. The fraction of sp³-hybridized carbons (Fsp3) is 0.750. The lowest BCUT2D eigenvalue weighted by molar-refractivity contribution is -0.121. The Balaban J connectivity index is 2.12. The first-order valence-corrected chi connectivity index (χ1v) is 8.04. The molecular weight excluding hydrogens is 264 g/mol. The topological polar surface area (TPSA) is 59.0 Å². The maximum absolute atomic E-state index is 11.9. The Hall–Kier alpha value is -1.36. The van der Waals surface area contributed by atoms with Crippen LogP contribution in [0.25, 0.3) is 0 Å². The Morgan fingerprint density at radius 1 is 1.38 bits per heavy atom. The molecule has 0 saturated heterocycles. The van der Waals surface area contributed by atoms with Gasteiger partial charge in [0.1, 0.15) is 5.82 Å². The van der Waals surface area contributed by atoms with E-state index in [1.54, 1.807) is 0 Å². The van der Waals surface area contributed by atoms with Gasteiger partial charge < -0.3 is 15.2 Å². The van der Waals surface area contributed by atoms with Crippen LogP contribution in [-0.2, 0) is 30.7 Å². The Labute approximate surface area is 127 Å². The van der Waals surface area contributed by atoms with Gasteiger partial charge in [0.05, 0.1) is 5.69 Å². The molecule has 0 aromatic carbocycles. The van der Waals surface area contributed by atoms with Gasteiger partial charge in [-0.05, 0) is 19.8 Å². The first-order valence-electron chi connectivity index (χ1n) is 8.04. The van der Waals surface area contributed by atoms with Crippen LogP contribution in [-0.4, -0.2) is 28.0 Å². The predicted octanol–water partition coefficient (Wildman–Crippen LogP) is 1.64. The van der Waals surface area contributed by atoms with Gasteiger partial charge in [-0.2, -0.15) is 0 Å². The van der Waals surface area contributed by atoms with Gasteiger partial charge in [0.15, 0.2) is 0 Å². The van der Waals surface area contributed by atoms with E-state index >= 15 is 0 Å². The lowest BCUT2D eigenvalue weighted by Crippen LogP contribution is -2.31. The molecule has 0 bridgehead atoms. The van der Waals surface area contributed by atoms with Crippen molar-refractivity contribution >= 4 is 5.91 Å². The van der Waals surface area contributed by atoms with E-state index < -0.39 is 0 Å². The summed E-state index contributed by atoms with van der Waals surface area (Å²) in [7, 11) is 0. The first-order chi connectivity index (χ1) is 9.97. The summed E-state index contributed by atoms with van der Waals surface area (Å²) in [6.45, 7) is 11.0. The van der Waals surface area contributed by atoms with Crippen molar-refractivity contribution in [2.75, 3.05) is 6.54 Å². The predicted molar refractivity (Wildman–Crippen MR) is 84.1 cm³/mol. The standard InChI is InChI=1S/C16H28N4O/c1-11(2)9-15-19-13-10-17-7-5-14(13)20(15)8-6-16(21)18-12(3)4/h11-12,17H,5-10H2,1-4H3,(H,18,21). The van der Waals surface area contributed by atoms with E-state index in [4.69, 9.17) is 4.98 Å². The van der Waals surface area contributed by atoms with E-state index in [9.17, 15) is 4.79 Å². The SMILES string of the molecule is CC(C)Cc1nc2c(n1CCC(=O)NC(C)C)CCNC2. The third-order valence-electron chi connectivity index (χ3n) is 3.67. The summed E-state index contributed by atoms with van der Waals surface area (Å²) in [6.07, 6.45) is 2.50. The van der Waals surface area contributed by atoms with Gasteiger partial charge >= 0.3 is 0 Å². The van der Waals surface area contributed by atoms with Crippen molar-refractivity contribution in [1.82, 2.24) is 20.2 Å². The summed E-state index contributed by atoms with van der Waals surface area (Å²) < 4.78 is 2.29. The zero-order chi connectivity index (χ0) is 15.4. The molecule has 0 atom stereocenters. The zero-order valence-corrected chi connectivity index (χ0v) is 13.7. The maximum atomic E-state index is 11.9.